The quantitative estimate of drug-likeness (QED) is 0.817. The average Bonchev–Trinajstić information content (AvgIpc) is 3.11. The van der Waals surface area contributed by atoms with Gasteiger partial charge in [-0.15, -0.1) is 0 Å². The number of nitriles is 1. The molecule has 0 amide bonds. The summed E-state index contributed by atoms with van der Waals surface area (Å²) < 4.78 is 25.3. The first kappa shape index (κ1) is 11.9. The number of hydrogen-bond acceptors (Lipinski definition) is 3. The standard InChI is InChI=1S/C12H14N2O2S/c1-14(17(15,16)9-11-2-3-11)12-6-4-10(8-13)5-7-12/h4-7,11H,2-3,9H2,1H3. The van der Waals surface area contributed by atoms with Crippen molar-refractivity contribution in [1.82, 2.24) is 0 Å². The van der Waals surface area contributed by atoms with E-state index in [0.717, 1.165) is 12.8 Å². The van der Waals surface area contributed by atoms with E-state index in [2.05, 4.69) is 0 Å². The van der Waals surface area contributed by atoms with Crippen molar-refractivity contribution in [1.29, 1.82) is 5.26 Å². The van der Waals surface area contributed by atoms with Crippen LogP contribution in [-0.2, 0) is 10.0 Å². The van der Waals surface area contributed by atoms with Crippen molar-refractivity contribution < 1.29 is 8.42 Å². The van der Waals surface area contributed by atoms with Gasteiger partial charge < -0.3 is 0 Å². The lowest BCUT2D eigenvalue weighted by Crippen LogP contribution is -2.29. The van der Waals surface area contributed by atoms with E-state index < -0.39 is 10.0 Å². The maximum atomic E-state index is 12.0. The summed E-state index contributed by atoms with van der Waals surface area (Å²) in [5.74, 6) is 0.560. The molecule has 0 spiro atoms. The molecule has 0 aliphatic heterocycles. The van der Waals surface area contributed by atoms with Crippen LogP contribution in [0.3, 0.4) is 0 Å². The minimum atomic E-state index is -3.22. The van der Waals surface area contributed by atoms with E-state index in [1.807, 2.05) is 6.07 Å². The highest BCUT2D eigenvalue weighted by atomic mass is 32.2. The summed E-state index contributed by atoms with van der Waals surface area (Å²) >= 11 is 0. The molecule has 1 aromatic carbocycles. The SMILES string of the molecule is CN(c1ccc(C#N)cc1)S(=O)(=O)CC1CC1. The second kappa shape index (κ2) is 4.38. The van der Waals surface area contributed by atoms with Crippen LogP contribution in [0.25, 0.3) is 0 Å². The van der Waals surface area contributed by atoms with Gasteiger partial charge >= 0.3 is 0 Å². The van der Waals surface area contributed by atoms with Gasteiger partial charge in [0.2, 0.25) is 10.0 Å². The summed E-state index contributed by atoms with van der Waals surface area (Å²) in [6, 6.07) is 8.56. The number of hydrogen-bond donors (Lipinski definition) is 0. The van der Waals surface area contributed by atoms with Gasteiger partial charge in [0.1, 0.15) is 0 Å². The molecule has 4 nitrogen and oxygen atoms in total. The zero-order valence-electron chi connectivity index (χ0n) is 9.63. The van der Waals surface area contributed by atoms with Gasteiger partial charge in [0.15, 0.2) is 0 Å². The van der Waals surface area contributed by atoms with Crippen molar-refractivity contribution in [2.24, 2.45) is 5.92 Å². The van der Waals surface area contributed by atoms with E-state index in [1.54, 1.807) is 31.3 Å². The third kappa shape index (κ3) is 2.77. The van der Waals surface area contributed by atoms with Gasteiger partial charge in [-0.3, -0.25) is 4.31 Å². The molecule has 17 heavy (non-hydrogen) atoms. The zero-order chi connectivity index (χ0) is 12.5. The molecule has 1 fully saturated rings. The fraction of sp³-hybridized carbons (Fsp3) is 0.417. The lowest BCUT2D eigenvalue weighted by Gasteiger charge is -2.19. The summed E-state index contributed by atoms with van der Waals surface area (Å²) in [7, 11) is -1.66. The Morgan fingerprint density at radius 3 is 2.41 bits per heavy atom. The largest absolute Gasteiger partial charge is 0.273 e. The number of sulfonamides is 1. The van der Waals surface area contributed by atoms with E-state index in [4.69, 9.17) is 5.26 Å². The molecule has 0 unspecified atom stereocenters. The minimum absolute atomic E-state index is 0.226. The molecule has 0 aromatic heterocycles. The van der Waals surface area contributed by atoms with Gasteiger partial charge in [-0.05, 0) is 43.0 Å². The minimum Gasteiger partial charge on any atom is -0.273 e. The monoisotopic (exact) mass is 250 g/mol. The van der Waals surface area contributed by atoms with Crippen LogP contribution in [0.5, 0.6) is 0 Å². The number of rotatable bonds is 4. The molecular formula is C12H14N2O2S. The van der Waals surface area contributed by atoms with Crippen molar-refractivity contribution in [3.63, 3.8) is 0 Å². The van der Waals surface area contributed by atoms with Gasteiger partial charge in [-0.1, -0.05) is 0 Å². The Balaban J connectivity index is 2.17. The lowest BCUT2D eigenvalue weighted by molar-refractivity contribution is 0.590. The van der Waals surface area contributed by atoms with Crippen molar-refractivity contribution in [2.45, 2.75) is 12.8 Å². The van der Waals surface area contributed by atoms with Crippen LogP contribution in [0.4, 0.5) is 5.69 Å². The van der Waals surface area contributed by atoms with E-state index in [1.165, 1.54) is 4.31 Å². The Labute approximate surface area is 102 Å². The molecule has 0 radical (unpaired) electrons. The predicted octanol–water partition coefficient (Wildman–Crippen LogP) is 1.73. The van der Waals surface area contributed by atoms with E-state index in [0.29, 0.717) is 17.2 Å². The Hall–Kier alpha value is -1.54. The smallest absolute Gasteiger partial charge is 0.235 e. The van der Waals surface area contributed by atoms with Crippen molar-refractivity contribution in [2.75, 3.05) is 17.1 Å². The molecule has 0 saturated heterocycles. The first-order valence-corrected chi connectivity index (χ1v) is 7.10. The molecule has 1 aliphatic rings. The molecule has 0 bridgehead atoms. The molecule has 1 aromatic rings. The molecule has 5 heteroatoms. The van der Waals surface area contributed by atoms with E-state index in [-0.39, 0.29) is 5.75 Å². The van der Waals surface area contributed by atoms with Crippen LogP contribution >= 0.6 is 0 Å². The summed E-state index contributed by atoms with van der Waals surface area (Å²) in [4.78, 5) is 0. The second-order valence-electron chi connectivity index (χ2n) is 4.35. The average molecular weight is 250 g/mol. The molecule has 1 aliphatic carbocycles. The van der Waals surface area contributed by atoms with Gasteiger partial charge in [0, 0.05) is 7.05 Å². The number of anilines is 1. The summed E-state index contributed by atoms with van der Waals surface area (Å²) in [6.07, 6.45) is 2.03. The van der Waals surface area contributed by atoms with Gasteiger partial charge in [0.25, 0.3) is 0 Å². The zero-order valence-corrected chi connectivity index (χ0v) is 10.4. The van der Waals surface area contributed by atoms with E-state index in [9.17, 15) is 8.42 Å². The summed E-state index contributed by atoms with van der Waals surface area (Å²) in [6.45, 7) is 0. The third-order valence-electron chi connectivity index (χ3n) is 2.92. The van der Waals surface area contributed by atoms with Gasteiger partial charge in [-0.25, -0.2) is 8.42 Å². The molecule has 90 valence electrons. The highest BCUT2D eigenvalue weighted by Crippen LogP contribution is 2.31. The Kier molecular flexibility index (Phi) is 3.07. The fourth-order valence-electron chi connectivity index (χ4n) is 1.60. The van der Waals surface area contributed by atoms with Crippen LogP contribution in [0.1, 0.15) is 18.4 Å². The second-order valence-corrected chi connectivity index (χ2v) is 6.39. The highest BCUT2D eigenvalue weighted by Gasteiger charge is 2.30. The highest BCUT2D eigenvalue weighted by molar-refractivity contribution is 7.92. The van der Waals surface area contributed by atoms with Crippen molar-refractivity contribution >= 4 is 15.7 Å². The first-order chi connectivity index (χ1) is 8.03. The molecule has 0 heterocycles. The van der Waals surface area contributed by atoms with Crippen molar-refractivity contribution in [3.8, 4) is 6.07 Å². The molecule has 0 atom stereocenters. The van der Waals surface area contributed by atoms with Gasteiger partial charge in [-0.2, -0.15) is 5.26 Å². The Morgan fingerprint density at radius 2 is 1.94 bits per heavy atom. The molecule has 2 rings (SSSR count). The van der Waals surface area contributed by atoms with Crippen LogP contribution in [0, 0.1) is 17.2 Å². The maximum absolute atomic E-state index is 12.0. The number of benzene rings is 1. The molecule has 0 N–H and O–H groups in total. The van der Waals surface area contributed by atoms with Crippen LogP contribution in [0.2, 0.25) is 0 Å². The fourth-order valence-corrected chi connectivity index (χ4v) is 3.20. The Bertz CT molecular complexity index is 539. The number of nitrogens with zero attached hydrogens (tertiary/aromatic N) is 2. The van der Waals surface area contributed by atoms with Crippen molar-refractivity contribution in [3.05, 3.63) is 29.8 Å². The normalized spacial score (nSPS) is 15.3. The topological polar surface area (TPSA) is 61.2 Å². The van der Waals surface area contributed by atoms with Crippen LogP contribution in [-0.4, -0.2) is 21.2 Å². The molecular weight excluding hydrogens is 236 g/mol. The third-order valence-corrected chi connectivity index (χ3v) is 4.86. The lowest BCUT2D eigenvalue weighted by atomic mass is 10.2. The summed E-state index contributed by atoms with van der Waals surface area (Å²) in [5, 5.41) is 8.67. The summed E-state index contributed by atoms with van der Waals surface area (Å²) in [5.41, 5.74) is 1.13. The van der Waals surface area contributed by atoms with Crippen LogP contribution in [0.15, 0.2) is 24.3 Å². The maximum Gasteiger partial charge on any atom is 0.235 e. The van der Waals surface area contributed by atoms with E-state index >= 15 is 0 Å². The Morgan fingerprint density at radius 1 is 1.35 bits per heavy atom. The van der Waals surface area contributed by atoms with Gasteiger partial charge in [0.05, 0.1) is 23.1 Å². The molecule has 1 saturated carbocycles. The van der Waals surface area contributed by atoms with Crippen LogP contribution < -0.4 is 4.31 Å². The predicted molar refractivity (Wildman–Crippen MR) is 66.1 cm³/mol. The first-order valence-electron chi connectivity index (χ1n) is 5.50.